The van der Waals surface area contributed by atoms with Gasteiger partial charge in [0.2, 0.25) is 5.91 Å². The first-order valence-electron chi connectivity index (χ1n) is 10.1. The van der Waals surface area contributed by atoms with Gasteiger partial charge in [0.25, 0.3) is 11.5 Å². The highest BCUT2D eigenvalue weighted by Gasteiger charge is 2.27. The van der Waals surface area contributed by atoms with Crippen molar-refractivity contribution in [3.05, 3.63) is 62.3 Å². The molecular formula is C22H27FN4O3. The van der Waals surface area contributed by atoms with Gasteiger partial charge in [-0.25, -0.2) is 9.49 Å². The van der Waals surface area contributed by atoms with Gasteiger partial charge in [0, 0.05) is 44.1 Å². The second-order valence-corrected chi connectivity index (χ2v) is 7.96. The number of carbonyl (C=O) groups excluding carboxylic acids is 2. The van der Waals surface area contributed by atoms with Crippen LogP contribution in [0.1, 0.15) is 53.0 Å². The number of rotatable bonds is 4. The molecule has 1 fully saturated rings. The van der Waals surface area contributed by atoms with E-state index in [4.69, 9.17) is 0 Å². The average Bonchev–Trinajstić information content (AvgIpc) is 2.91. The number of hydrogen-bond donors (Lipinski definition) is 1. The van der Waals surface area contributed by atoms with Crippen LogP contribution in [0.2, 0.25) is 0 Å². The lowest BCUT2D eigenvalue weighted by atomic mass is 10.0. The third-order valence-electron chi connectivity index (χ3n) is 5.70. The number of aromatic amines is 1. The number of benzene rings is 1. The third-order valence-corrected chi connectivity index (χ3v) is 5.70. The largest absolute Gasteiger partial charge is 0.338 e. The summed E-state index contributed by atoms with van der Waals surface area (Å²) < 4.78 is 14.5. The zero-order valence-electron chi connectivity index (χ0n) is 17.8. The van der Waals surface area contributed by atoms with Crippen LogP contribution < -0.4 is 5.56 Å². The number of H-pyrrole nitrogens is 1. The Morgan fingerprint density at radius 3 is 2.60 bits per heavy atom. The van der Waals surface area contributed by atoms with Crippen LogP contribution in [-0.2, 0) is 11.2 Å². The highest BCUT2D eigenvalue weighted by molar-refractivity contribution is 5.95. The number of hydrogen-bond acceptors (Lipinski definition) is 4. The van der Waals surface area contributed by atoms with E-state index in [0.29, 0.717) is 30.8 Å². The van der Waals surface area contributed by atoms with Crippen LogP contribution in [0, 0.1) is 19.7 Å². The molecule has 1 aliphatic rings. The predicted octanol–water partition coefficient (Wildman–Crippen LogP) is 2.20. The highest BCUT2D eigenvalue weighted by atomic mass is 19.1. The molecule has 1 N–H and O–H groups in total. The van der Waals surface area contributed by atoms with Crippen molar-refractivity contribution in [2.45, 2.75) is 46.6 Å². The molecule has 0 aliphatic carbocycles. The van der Waals surface area contributed by atoms with Crippen molar-refractivity contribution in [1.82, 2.24) is 20.0 Å². The monoisotopic (exact) mass is 414 g/mol. The fourth-order valence-corrected chi connectivity index (χ4v) is 3.64. The summed E-state index contributed by atoms with van der Waals surface area (Å²) in [6.45, 7) is 8.48. The topological polar surface area (TPSA) is 86.4 Å². The van der Waals surface area contributed by atoms with Gasteiger partial charge in [-0.3, -0.25) is 14.4 Å². The van der Waals surface area contributed by atoms with Gasteiger partial charge in [-0.15, -0.1) is 0 Å². The lowest BCUT2D eigenvalue weighted by Crippen LogP contribution is -2.39. The van der Waals surface area contributed by atoms with Gasteiger partial charge in [-0.05, 0) is 51.0 Å². The van der Waals surface area contributed by atoms with E-state index in [1.807, 2.05) is 20.8 Å². The first-order valence-corrected chi connectivity index (χ1v) is 10.1. The van der Waals surface area contributed by atoms with Gasteiger partial charge in [-0.1, -0.05) is 6.07 Å². The Morgan fingerprint density at radius 2 is 1.90 bits per heavy atom. The summed E-state index contributed by atoms with van der Waals surface area (Å²) in [5, 5.41) is 6.56. The van der Waals surface area contributed by atoms with Crippen molar-refractivity contribution >= 4 is 11.8 Å². The first-order chi connectivity index (χ1) is 14.2. The van der Waals surface area contributed by atoms with E-state index in [9.17, 15) is 18.8 Å². The van der Waals surface area contributed by atoms with Gasteiger partial charge >= 0.3 is 0 Å². The lowest BCUT2D eigenvalue weighted by molar-refractivity contribution is -0.131. The molecule has 2 heterocycles. The zero-order chi connectivity index (χ0) is 22.0. The molecule has 2 amide bonds. The molecular weight excluding hydrogens is 387 g/mol. The molecule has 1 aromatic carbocycles. The summed E-state index contributed by atoms with van der Waals surface area (Å²) in [6.07, 6.45) is 0.592. The number of nitrogens with zero attached hydrogens (tertiary/aromatic N) is 3. The fraction of sp³-hybridized carbons (Fsp3) is 0.455. The van der Waals surface area contributed by atoms with Crippen LogP contribution in [0.25, 0.3) is 0 Å². The third kappa shape index (κ3) is 4.42. The van der Waals surface area contributed by atoms with E-state index < -0.39 is 11.7 Å². The van der Waals surface area contributed by atoms with Crippen molar-refractivity contribution in [1.29, 1.82) is 0 Å². The number of carbonyl (C=O) groups is 2. The van der Waals surface area contributed by atoms with Crippen LogP contribution in [0.3, 0.4) is 0 Å². The second-order valence-electron chi connectivity index (χ2n) is 7.96. The standard InChI is InChI=1S/C22H27FN4O3/c1-13(2)27-10-9-26(8-7-20(27)28)22(30)17-11-16(5-6-18(17)23)12-19-14(3)15(4)21(29)25-24-19/h5-6,11,13H,7-10,12H2,1-4H3,(H,25,29). The average molecular weight is 414 g/mol. The molecule has 160 valence electrons. The zero-order valence-corrected chi connectivity index (χ0v) is 17.8. The maximum atomic E-state index is 14.5. The van der Waals surface area contributed by atoms with Crippen LogP contribution in [0.5, 0.6) is 0 Å². The van der Waals surface area contributed by atoms with Crippen LogP contribution in [0.4, 0.5) is 4.39 Å². The molecule has 3 rings (SSSR count). The van der Waals surface area contributed by atoms with Crippen LogP contribution in [-0.4, -0.2) is 57.5 Å². The lowest BCUT2D eigenvalue weighted by Gasteiger charge is -2.25. The SMILES string of the molecule is Cc1c(Cc2ccc(F)c(C(=O)N3CCC(=O)N(C(C)C)CC3)c2)n[nH]c(=O)c1C. The van der Waals surface area contributed by atoms with Crippen molar-refractivity contribution in [3.63, 3.8) is 0 Å². The van der Waals surface area contributed by atoms with E-state index >= 15 is 0 Å². The van der Waals surface area contributed by atoms with Crippen molar-refractivity contribution in [3.8, 4) is 0 Å². The molecule has 30 heavy (non-hydrogen) atoms. The molecule has 0 saturated carbocycles. The van der Waals surface area contributed by atoms with Gasteiger partial charge < -0.3 is 9.80 Å². The quantitative estimate of drug-likeness (QED) is 0.831. The fourth-order valence-electron chi connectivity index (χ4n) is 3.64. The van der Waals surface area contributed by atoms with E-state index in [1.54, 1.807) is 17.9 Å². The number of halogens is 1. The van der Waals surface area contributed by atoms with E-state index in [0.717, 1.165) is 11.1 Å². The number of aromatic nitrogens is 2. The Labute approximate surface area is 174 Å². The summed E-state index contributed by atoms with van der Waals surface area (Å²) in [6, 6.07) is 4.48. The summed E-state index contributed by atoms with van der Waals surface area (Å²) in [5.74, 6) is -1.01. The minimum Gasteiger partial charge on any atom is -0.338 e. The molecule has 1 aromatic heterocycles. The van der Waals surface area contributed by atoms with Crippen molar-refractivity contribution < 1.29 is 14.0 Å². The number of amides is 2. The van der Waals surface area contributed by atoms with E-state index in [2.05, 4.69) is 10.2 Å². The van der Waals surface area contributed by atoms with E-state index in [1.165, 1.54) is 17.0 Å². The van der Waals surface area contributed by atoms with Crippen LogP contribution in [0.15, 0.2) is 23.0 Å². The summed E-state index contributed by atoms with van der Waals surface area (Å²) in [4.78, 5) is 40.2. The maximum absolute atomic E-state index is 14.5. The Hall–Kier alpha value is -3.03. The van der Waals surface area contributed by atoms with Gasteiger partial charge in [0.05, 0.1) is 11.3 Å². The molecule has 1 saturated heterocycles. The minimum atomic E-state index is -0.595. The summed E-state index contributed by atoms with van der Waals surface area (Å²) in [5.41, 5.74) is 2.49. The molecule has 2 aromatic rings. The summed E-state index contributed by atoms with van der Waals surface area (Å²) >= 11 is 0. The molecule has 0 bridgehead atoms. The summed E-state index contributed by atoms with van der Waals surface area (Å²) in [7, 11) is 0. The Kier molecular flexibility index (Phi) is 6.34. The van der Waals surface area contributed by atoms with E-state index in [-0.39, 0.29) is 36.0 Å². The molecule has 1 aliphatic heterocycles. The minimum absolute atomic E-state index is 0.00418. The Bertz CT molecular complexity index is 1030. The molecule has 0 unspecified atom stereocenters. The maximum Gasteiger partial charge on any atom is 0.267 e. The first kappa shape index (κ1) is 21.7. The second kappa shape index (κ2) is 8.77. The smallest absolute Gasteiger partial charge is 0.267 e. The van der Waals surface area contributed by atoms with Crippen LogP contribution >= 0.6 is 0 Å². The molecule has 0 spiro atoms. The molecule has 0 radical (unpaired) electrons. The highest BCUT2D eigenvalue weighted by Crippen LogP contribution is 2.19. The Balaban J connectivity index is 1.83. The van der Waals surface area contributed by atoms with Gasteiger partial charge in [0.15, 0.2) is 0 Å². The normalized spacial score (nSPS) is 14.9. The number of nitrogens with one attached hydrogen (secondary N) is 1. The van der Waals surface area contributed by atoms with Gasteiger partial charge in [0.1, 0.15) is 5.82 Å². The Morgan fingerprint density at radius 1 is 1.17 bits per heavy atom. The molecule has 0 atom stereocenters. The van der Waals surface area contributed by atoms with Gasteiger partial charge in [-0.2, -0.15) is 5.10 Å². The molecule has 8 heteroatoms. The predicted molar refractivity (Wildman–Crippen MR) is 111 cm³/mol. The van der Waals surface area contributed by atoms with Crippen molar-refractivity contribution in [2.24, 2.45) is 0 Å². The van der Waals surface area contributed by atoms with Crippen molar-refractivity contribution in [2.75, 3.05) is 19.6 Å². The molecule has 7 nitrogen and oxygen atoms in total.